The Hall–Kier alpha value is -1.84. The number of benzene rings is 1. The predicted octanol–water partition coefficient (Wildman–Crippen LogP) is 3.47. The molecule has 112 valence electrons. The van der Waals surface area contributed by atoms with Gasteiger partial charge >= 0.3 is 0 Å². The van der Waals surface area contributed by atoms with Crippen LogP contribution in [0.4, 0.5) is 4.39 Å². The fourth-order valence-corrected chi connectivity index (χ4v) is 3.15. The first-order chi connectivity index (χ1) is 10.2. The van der Waals surface area contributed by atoms with Gasteiger partial charge in [0.15, 0.2) is 0 Å². The van der Waals surface area contributed by atoms with Gasteiger partial charge in [0.1, 0.15) is 5.82 Å². The number of aromatic nitrogens is 1. The molecule has 1 aliphatic rings. The van der Waals surface area contributed by atoms with E-state index < -0.39 is 0 Å². The van der Waals surface area contributed by atoms with Gasteiger partial charge in [-0.3, -0.25) is 4.79 Å². The number of fused-ring (bicyclic) bond motifs is 3. The lowest BCUT2D eigenvalue weighted by atomic mass is 9.91. The zero-order valence-electron chi connectivity index (χ0n) is 12.3. The van der Waals surface area contributed by atoms with Gasteiger partial charge in [0.25, 0.3) is 0 Å². The van der Waals surface area contributed by atoms with Crippen LogP contribution in [0.25, 0.3) is 10.9 Å². The van der Waals surface area contributed by atoms with Crippen LogP contribution in [0.5, 0.6) is 0 Å². The normalized spacial score (nSPS) is 17.7. The second-order valence-electron chi connectivity index (χ2n) is 5.88. The van der Waals surface area contributed by atoms with E-state index in [4.69, 9.17) is 0 Å². The second-order valence-corrected chi connectivity index (χ2v) is 5.88. The molecule has 3 nitrogen and oxygen atoms in total. The Kier molecular flexibility index (Phi) is 3.95. The minimum absolute atomic E-state index is 0.135. The average molecular weight is 288 g/mol. The summed E-state index contributed by atoms with van der Waals surface area (Å²) in [4.78, 5) is 15.2. The summed E-state index contributed by atoms with van der Waals surface area (Å²) in [6.45, 7) is 2.08. The molecule has 1 unspecified atom stereocenters. The summed E-state index contributed by atoms with van der Waals surface area (Å²) >= 11 is 0. The van der Waals surface area contributed by atoms with E-state index in [0.717, 1.165) is 48.6 Å². The molecule has 0 radical (unpaired) electrons. The van der Waals surface area contributed by atoms with E-state index in [1.807, 2.05) is 0 Å². The van der Waals surface area contributed by atoms with Crippen molar-refractivity contribution in [1.82, 2.24) is 10.3 Å². The van der Waals surface area contributed by atoms with Crippen LogP contribution in [0.2, 0.25) is 0 Å². The van der Waals surface area contributed by atoms with Crippen LogP contribution < -0.4 is 5.32 Å². The van der Waals surface area contributed by atoms with E-state index in [2.05, 4.69) is 17.2 Å². The molecule has 1 amide bonds. The molecule has 1 atom stereocenters. The molecular formula is C17H21FN2O. The van der Waals surface area contributed by atoms with Gasteiger partial charge in [0.2, 0.25) is 5.91 Å². The van der Waals surface area contributed by atoms with E-state index in [1.54, 1.807) is 12.1 Å². The number of carbonyl (C=O) groups excluding carboxylic acids is 1. The van der Waals surface area contributed by atoms with Crippen molar-refractivity contribution in [2.75, 3.05) is 0 Å². The van der Waals surface area contributed by atoms with E-state index in [-0.39, 0.29) is 17.8 Å². The third kappa shape index (κ3) is 2.94. The number of aromatic amines is 1. The summed E-state index contributed by atoms with van der Waals surface area (Å²) in [5, 5.41) is 4.07. The van der Waals surface area contributed by atoms with E-state index in [1.165, 1.54) is 11.8 Å². The minimum Gasteiger partial charge on any atom is -0.358 e. The monoisotopic (exact) mass is 288 g/mol. The molecule has 0 saturated heterocycles. The van der Waals surface area contributed by atoms with Crippen molar-refractivity contribution in [3.63, 3.8) is 0 Å². The molecule has 0 bridgehead atoms. The number of amides is 1. The quantitative estimate of drug-likeness (QED) is 0.889. The number of aryl methyl sites for hydroxylation is 1. The van der Waals surface area contributed by atoms with Crippen LogP contribution >= 0.6 is 0 Å². The zero-order chi connectivity index (χ0) is 14.8. The molecule has 1 aromatic carbocycles. The van der Waals surface area contributed by atoms with Crippen molar-refractivity contribution in [3.8, 4) is 0 Å². The molecule has 0 aliphatic heterocycles. The van der Waals surface area contributed by atoms with Crippen LogP contribution in [0, 0.1) is 5.82 Å². The van der Waals surface area contributed by atoms with Gasteiger partial charge in [-0.15, -0.1) is 0 Å². The molecule has 21 heavy (non-hydrogen) atoms. The van der Waals surface area contributed by atoms with Gasteiger partial charge in [-0.1, -0.05) is 13.3 Å². The van der Waals surface area contributed by atoms with Crippen molar-refractivity contribution in [2.24, 2.45) is 0 Å². The summed E-state index contributed by atoms with van der Waals surface area (Å²) in [6.07, 6.45) is 5.20. The zero-order valence-corrected chi connectivity index (χ0v) is 12.3. The number of nitrogens with one attached hydrogen (secondary N) is 2. The van der Waals surface area contributed by atoms with Crippen molar-refractivity contribution >= 4 is 16.8 Å². The van der Waals surface area contributed by atoms with E-state index in [9.17, 15) is 9.18 Å². The second kappa shape index (κ2) is 5.88. The lowest BCUT2D eigenvalue weighted by Crippen LogP contribution is -2.38. The number of hydrogen-bond donors (Lipinski definition) is 2. The third-order valence-electron chi connectivity index (χ3n) is 4.27. The molecule has 2 aromatic rings. The van der Waals surface area contributed by atoms with Crippen molar-refractivity contribution in [3.05, 3.63) is 35.3 Å². The lowest BCUT2D eigenvalue weighted by molar-refractivity contribution is -0.122. The Morgan fingerprint density at radius 1 is 1.48 bits per heavy atom. The Morgan fingerprint density at radius 2 is 2.33 bits per heavy atom. The van der Waals surface area contributed by atoms with E-state index >= 15 is 0 Å². The molecule has 0 spiro atoms. The van der Waals surface area contributed by atoms with Crippen molar-refractivity contribution < 1.29 is 9.18 Å². The number of carbonyl (C=O) groups is 1. The molecule has 2 N–H and O–H groups in total. The maximum absolute atomic E-state index is 13.4. The summed E-state index contributed by atoms with van der Waals surface area (Å²) in [6, 6.07) is 5.03. The summed E-state index contributed by atoms with van der Waals surface area (Å²) in [5.74, 6) is -0.0743. The van der Waals surface area contributed by atoms with Gasteiger partial charge in [0.05, 0.1) is 0 Å². The molecular weight excluding hydrogens is 267 g/mol. The number of H-pyrrole nitrogens is 1. The fraction of sp³-hybridized carbons (Fsp3) is 0.471. The predicted molar refractivity (Wildman–Crippen MR) is 81.7 cm³/mol. The molecule has 0 fully saturated rings. The van der Waals surface area contributed by atoms with Crippen molar-refractivity contribution in [2.45, 2.75) is 51.5 Å². The van der Waals surface area contributed by atoms with Gasteiger partial charge in [-0.25, -0.2) is 4.39 Å². The van der Waals surface area contributed by atoms with Crippen LogP contribution in [-0.2, 0) is 17.6 Å². The fourth-order valence-electron chi connectivity index (χ4n) is 3.15. The molecule has 4 heteroatoms. The molecule has 1 aliphatic carbocycles. The van der Waals surface area contributed by atoms with E-state index in [0.29, 0.717) is 6.42 Å². The first-order valence-corrected chi connectivity index (χ1v) is 7.75. The van der Waals surface area contributed by atoms with Crippen LogP contribution in [0.1, 0.15) is 43.9 Å². The lowest BCUT2D eigenvalue weighted by Gasteiger charge is -2.23. The maximum Gasteiger partial charge on any atom is 0.220 e. The topological polar surface area (TPSA) is 44.9 Å². The van der Waals surface area contributed by atoms with Crippen LogP contribution in [-0.4, -0.2) is 16.9 Å². The smallest absolute Gasteiger partial charge is 0.220 e. The minimum atomic E-state index is -0.210. The number of unbranched alkanes of at least 4 members (excludes halogenated alkanes) is 1. The standard InChI is InChI=1S/C17H21FN2O/c1-2-3-4-17(21)19-12-6-8-16-14(10-12)13-9-11(18)5-7-15(13)20-16/h5,7,9,12,20H,2-4,6,8,10H2,1H3,(H,19,21). The SMILES string of the molecule is CCCCC(=O)NC1CCc2[nH]c3ccc(F)cc3c2C1. The highest BCUT2D eigenvalue weighted by Gasteiger charge is 2.23. The molecule has 1 heterocycles. The number of halogens is 1. The summed E-state index contributed by atoms with van der Waals surface area (Å²) in [5.41, 5.74) is 3.34. The summed E-state index contributed by atoms with van der Waals surface area (Å²) < 4.78 is 13.4. The van der Waals surface area contributed by atoms with Crippen molar-refractivity contribution in [1.29, 1.82) is 0 Å². The Labute approximate surface area is 123 Å². The van der Waals surface area contributed by atoms with Crippen LogP contribution in [0.15, 0.2) is 18.2 Å². The highest BCUT2D eigenvalue weighted by molar-refractivity contribution is 5.85. The Bertz CT molecular complexity index is 662. The maximum atomic E-state index is 13.4. The first kappa shape index (κ1) is 14.1. The molecule has 1 aromatic heterocycles. The first-order valence-electron chi connectivity index (χ1n) is 7.75. The third-order valence-corrected chi connectivity index (χ3v) is 4.27. The van der Waals surface area contributed by atoms with Crippen LogP contribution in [0.3, 0.4) is 0 Å². The number of hydrogen-bond acceptors (Lipinski definition) is 1. The number of rotatable bonds is 4. The largest absolute Gasteiger partial charge is 0.358 e. The highest BCUT2D eigenvalue weighted by Crippen LogP contribution is 2.29. The highest BCUT2D eigenvalue weighted by atomic mass is 19.1. The van der Waals surface area contributed by atoms with Gasteiger partial charge < -0.3 is 10.3 Å². The van der Waals surface area contributed by atoms with Gasteiger partial charge in [-0.05, 0) is 49.4 Å². The molecule has 0 saturated carbocycles. The van der Waals surface area contributed by atoms with Gasteiger partial charge in [-0.2, -0.15) is 0 Å². The Balaban J connectivity index is 1.76. The Morgan fingerprint density at radius 3 is 3.14 bits per heavy atom. The summed E-state index contributed by atoms with van der Waals surface area (Å²) in [7, 11) is 0. The van der Waals surface area contributed by atoms with Gasteiger partial charge in [0, 0.05) is 29.1 Å². The average Bonchev–Trinajstić information content (AvgIpc) is 2.82. The molecule has 3 rings (SSSR count).